The highest BCUT2D eigenvalue weighted by Crippen LogP contribution is 2.59. The fraction of sp³-hybridized carbons (Fsp3) is 0.412. The van der Waals surface area contributed by atoms with Crippen LogP contribution in [0, 0.1) is 23.7 Å². The zero-order chi connectivity index (χ0) is 26.3. The summed E-state index contributed by atoms with van der Waals surface area (Å²) in [6.07, 6.45) is 8.01. The minimum atomic E-state index is -0.0972. The summed E-state index contributed by atoms with van der Waals surface area (Å²) in [7, 11) is 0. The van der Waals surface area contributed by atoms with Gasteiger partial charge in [-0.15, -0.1) is 11.8 Å². The summed E-state index contributed by atoms with van der Waals surface area (Å²) < 4.78 is 0. The average molecular weight is 537 g/mol. The van der Waals surface area contributed by atoms with Crippen molar-refractivity contribution in [2.24, 2.45) is 23.7 Å². The predicted molar refractivity (Wildman–Crippen MR) is 158 cm³/mol. The summed E-state index contributed by atoms with van der Waals surface area (Å²) in [5.41, 5.74) is 5.25. The van der Waals surface area contributed by atoms with Crippen LogP contribution >= 0.6 is 11.8 Å². The molecule has 5 heteroatoms. The van der Waals surface area contributed by atoms with Crippen molar-refractivity contribution in [3.05, 3.63) is 101 Å². The molecule has 4 nitrogen and oxygen atoms in total. The number of rotatable bonds is 7. The molecule has 39 heavy (non-hydrogen) atoms. The largest absolute Gasteiger partial charge is 0.326 e. The SMILES string of the molecule is O=C(Nc1ccc(C2C3CC4CC(C3)CC2C4)cc1)c1ccc([C@H]2SCC(=O)N2CCc2ccccc2)cc1. The summed E-state index contributed by atoms with van der Waals surface area (Å²) in [6.45, 7) is 0.697. The van der Waals surface area contributed by atoms with Crippen molar-refractivity contribution in [1.82, 2.24) is 4.90 Å². The maximum Gasteiger partial charge on any atom is 0.255 e. The predicted octanol–water partition coefficient (Wildman–Crippen LogP) is 7.30. The molecule has 5 aliphatic rings. The first kappa shape index (κ1) is 25.0. The lowest BCUT2D eigenvalue weighted by atomic mass is 9.51. The number of nitrogens with one attached hydrogen (secondary N) is 1. The lowest BCUT2D eigenvalue weighted by Gasteiger charge is -2.54. The highest BCUT2D eigenvalue weighted by molar-refractivity contribution is 8.00. The Labute approximate surface area is 235 Å². The van der Waals surface area contributed by atoms with Crippen LogP contribution in [0.5, 0.6) is 0 Å². The molecule has 3 aromatic rings. The van der Waals surface area contributed by atoms with Gasteiger partial charge in [0.1, 0.15) is 5.37 Å². The van der Waals surface area contributed by atoms with Gasteiger partial charge in [0.05, 0.1) is 5.75 Å². The third-order valence-corrected chi connectivity index (χ3v) is 10.9. The summed E-state index contributed by atoms with van der Waals surface area (Å²) in [4.78, 5) is 27.6. The number of carbonyl (C=O) groups is 2. The zero-order valence-corrected chi connectivity index (χ0v) is 23.1. The molecule has 5 fully saturated rings. The number of benzene rings is 3. The molecule has 4 aliphatic carbocycles. The molecule has 0 radical (unpaired) electrons. The third-order valence-electron chi connectivity index (χ3n) is 9.69. The number of hydrogen-bond donors (Lipinski definition) is 1. The van der Waals surface area contributed by atoms with E-state index in [1.807, 2.05) is 47.4 Å². The summed E-state index contributed by atoms with van der Waals surface area (Å²) in [6, 6.07) is 26.7. The molecule has 3 aromatic carbocycles. The van der Waals surface area contributed by atoms with Crippen LogP contribution in [0.1, 0.15) is 70.4 Å². The molecule has 4 bridgehead atoms. The van der Waals surface area contributed by atoms with E-state index in [-0.39, 0.29) is 17.2 Å². The van der Waals surface area contributed by atoms with E-state index in [4.69, 9.17) is 0 Å². The van der Waals surface area contributed by atoms with Gasteiger partial charge < -0.3 is 10.2 Å². The molecule has 8 rings (SSSR count). The highest BCUT2D eigenvalue weighted by atomic mass is 32.2. The van der Waals surface area contributed by atoms with E-state index in [2.05, 4.69) is 41.7 Å². The van der Waals surface area contributed by atoms with Crippen LogP contribution in [-0.2, 0) is 11.2 Å². The Morgan fingerprint density at radius 2 is 1.44 bits per heavy atom. The van der Waals surface area contributed by atoms with E-state index in [1.165, 1.54) is 43.2 Å². The second kappa shape index (κ2) is 10.5. The maximum absolute atomic E-state index is 13.0. The Morgan fingerprint density at radius 1 is 0.795 bits per heavy atom. The summed E-state index contributed by atoms with van der Waals surface area (Å²) in [5, 5.41) is 3.08. The maximum atomic E-state index is 13.0. The van der Waals surface area contributed by atoms with Crippen LogP contribution in [-0.4, -0.2) is 29.0 Å². The number of thioether (sulfide) groups is 1. The first-order valence-electron chi connectivity index (χ1n) is 14.6. The molecule has 1 atom stereocenters. The van der Waals surface area contributed by atoms with Crippen molar-refractivity contribution in [3.8, 4) is 0 Å². The topological polar surface area (TPSA) is 49.4 Å². The van der Waals surface area contributed by atoms with Gasteiger partial charge in [-0.1, -0.05) is 54.6 Å². The first-order chi connectivity index (χ1) is 19.1. The molecule has 0 spiro atoms. The van der Waals surface area contributed by atoms with E-state index in [0.717, 1.165) is 41.3 Å². The number of amides is 2. The average Bonchev–Trinajstić information content (AvgIpc) is 3.33. The van der Waals surface area contributed by atoms with Crippen LogP contribution in [0.2, 0.25) is 0 Å². The third kappa shape index (κ3) is 5.02. The molecule has 1 aliphatic heterocycles. The van der Waals surface area contributed by atoms with Gasteiger partial charge in [0.2, 0.25) is 5.91 Å². The van der Waals surface area contributed by atoms with Gasteiger partial charge in [-0.05, 0) is 109 Å². The fourth-order valence-electron chi connectivity index (χ4n) is 8.13. The zero-order valence-electron chi connectivity index (χ0n) is 22.3. The molecule has 0 unspecified atom stereocenters. The van der Waals surface area contributed by atoms with Crippen LogP contribution in [0.3, 0.4) is 0 Å². The van der Waals surface area contributed by atoms with Gasteiger partial charge in [0.15, 0.2) is 0 Å². The first-order valence-corrected chi connectivity index (χ1v) is 15.6. The minimum Gasteiger partial charge on any atom is -0.326 e. The standard InChI is InChI=1S/C34H36N2O2S/c37-31-21-39-34(36(31)15-14-22-4-2-1-3-5-22)27-8-6-26(7-9-27)33(38)35-30-12-10-25(11-13-30)32-28-17-23-16-24(19-28)20-29(32)18-23/h1-13,23-24,28-29,32,34H,14-21H2,(H,35,38)/t23?,24?,28?,29?,32?,34-/m1/s1. The highest BCUT2D eigenvalue weighted by Gasteiger charge is 2.48. The van der Waals surface area contributed by atoms with Crippen molar-refractivity contribution in [2.45, 2.75) is 49.8 Å². The molecular formula is C34H36N2O2S. The van der Waals surface area contributed by atoms with Gasteiger partial charge in [-0.2, -0.15) is 0 Å². The van der Waals surface area contributed by atoms with Crippen LogP contribution in [0.15, 0.2) is 78.9 Å². The second-order valence-corrected chi connectivity index (χ2v) is 13.2. The smallest absolute Gasteiger partial charge is 0.255 e. The lowest BCUT2D eigenvalue weighted by Crippen LogP contribution is -2.43. The van der Waals surface area contributed by atoms with Crippen molar-refractivity contribution in [3.63, 3.8) is 0 Å². The summed E-state index contributed by atoms with van der Waals surface area (Å²) >= 11 is 1.66. The van der Waals surface area contributed by atoms with Crippen LogP contribution in [0.25, 0.3) is 0 Å². The van der Waals surface area contributed by atoms with E-state index in [9.17, 15) is 9.59 Å². The van der Waals surface area contributed by atoms with E-state index in [1.54, 1.807) is 11.8 Å². The van der Waals surface area contributed by atoms with Gasteiger partial charge in [0.25, 0.3) is 5.91 Å². The molecule has 1 heterocycles. The Bertz CT molecular complexity index is 1310. The van der Waals surface area contributed by atoms with Crippen molar-refractivity contribution >= 4 is 29.3 Å². The van der Waals surface area contributed by atoms with Crippen molar-refractivity contribution < 1.29 is 9.59 Å². The molecular weight excluding hydrogens is 500 g/mol. The van der Waals surface area contributed by atoms with E-state index >= 15 is 0 Å². The molecule has 1 saturated heterocycles. The van der Waals surface area contributed by atoms with Crippen molar-refractivity contribution in [2.75, 3.05) is 17.6 Å². The Morgan fingerprint density at radius 3 is 2.10 bits per heavy atom. The fourth-order valence-corrected chi connectivity index (χ4v) is 9.35. The second-order valence-electron chi connectivity index (χ2n) is 12.1. The minimum absolute atomic E-state index is 0.00366. The van der Waals surface area contributed by atoms with E-state index in [0.29, 0.717) is 23.8 Å². The monoisotopic (exact) mass is 536 g/mol. The van der Waals surface area contributed by atoms with E-state index < -0.39 is 0 Å². The van der Waals surface area contributed by atoms with Gasteiger partial charge >= 0.3 is 0 Å². The molecule has 200 valence electrons. The molecule has 2 amide bonds. The molecule has 4 saturated carbocycles. The van der Waals surface area contributed by atoms with Crippen molar-refractivity contribution in [1.29, 1.82) is 0 Å². The Hall–Kier alpha value is -3.05. The van der Waals surface area contributed by atoms with Gasteiger partial charge in [0, 0.05) is 17.8 Å². The Balaban J connectivity index is 0.981. The normalized spacial score (nSPS) is 29.1. The van der Waals surface area contributed by atoms with Crippen LogP contribution in [0.4, 0.5) is 5.69 Å². The number of carbonyl (C=O) groups excluding carboxylic acids is 2. The van der Waals surface area contributed by atoms with Crippen LogP contribution < -0.4 is 5.32 Å². The number of nitrogens with zero attached hydrogens (tertiary/aromatic N) is 1. The summed E-state index contributed by atoms with van der Waals surface area (Å²) in [5.74, 6) is 4.99. The Kier molecular flexibility index (Phi) is 6.72. The molecule has 0 aromatic heterocycles. The van der Waals surface area contributed by atoms with Gasteiger partial charge in [-0.3, -0.25) is 9.59 Å². The lowest BCUT2D eigenvalue weighted by molar-refractivity contribution is -0.128. The number of anilines is 1. The number of hydrogen-bond acceptors (Lipinski definition) is 3. The molecule has 1 N–H and O–H groups in total. The quantitative estimate of drug-likeness (QED) is 0.345. The van der Waals surface area contributed by atoms with Gasteiger partial charge in [-0.25, -0.2) is 0 Å².